The van der Waals surface area contributed by atoms with Gasteiger partial charge in [0.05, 0.1) is 43.3 Å². The van der Waals surface area contributed by atoms with Crippen LogP contribution >= 0.6 is 0 Å². The van der Waals surface area contributed by atoms with E-state index in [0.29, 0.717) is 11.3 Å². The van der Waals surface area contributed by atoms with E-state index < -0.39 is 27.6 Å². The molecule has 2 atom stereocenters. The Balaban J connectivity index is 2.05. The molecule has 14 nitrogen and oxygen atoms in total. The number of rotatable bonds is 17. The lowest BCUT2D eigenvalue weighted by atomic mass is 10.1. The largest absolute Gasteiger partial charge is 0.495 e. The van der Waals surface area contributed by atoms with Crippen LogP contribution in [0.2, 0.25) is 0 Å². The van der Waals surface area contributed by atoms with E-state index >= 15 is 0 Å². The molecule has 5 N–H and O–H groups in total. The first-order valence-corrected chi connectivity index (χ1v) is 17.0. The van der Waals surface area contributed by atoms with Crippen molar-refractivity contribution in [3.05, 3.63) is 53.6 Å². The lowest BCUT2D eigenvalue weighted by molar-refractivity contribution is 0.0236. The molecule has 0 radical (unpaired) electrons. The smallest absolute Gasteiger partial charge is 0.183 e. The van der Waals surface area contributed by atoms with Gasteiger partial charge in [0.25, 0.3) is 0 Å². The molecule has 3 aromatic rings. The van der Waals surface area contributed by atoms with Crippen LogP contribution in [0.3, 0.4) is 0 Å². The molecule has 0 saturated carbocycles. The highest BCUT2D eigenvalue weighted by Crippen LogP contribution is 2.41. The molecule has 0 aliphatic carbocycles. The minimum absolute atomic E-state index is 0.0159. The molecule has 3 rings (SSSR count). The monoisotopic (exact) mass is 683 g/mol. The van der Waals surface area contributed by atoms with Gasteiger partial charge in [-0.2, -0.15) is 5.26 Å². The number of para-hydroxylation sites is 1. The van der Waals surface area contributed by atoms with Crippen molar-refractivity contribution in [2.75, 3.05) is 56.8 Å². The summed E-state index contributed by atoms with van der Waals surface area (Å²) in [7, 11) is -1.23. The van der Waals surface area contributed by atoms with Crippen molar-refractivity contribution in [1.29, 1.82) is 5.26 Å². The molecular weight excluding hydrogens is 638 g/mol. The third kappa shape index (κ3) is 10.6. The maximum Gasteiger partial charge on any atom is 0.183 e. The normalized spacial score (nSPS) is 13.3. The molecule has 0 amide bonds. The number of nitrogens with zero attached hydrogens (tertiary/aromatic N) is 5. The second-order valence-corrected chi connectivity index (χ2v) is 14.2. The molecule has 2 aromatic carbocycles. The number of hydrogen-bond acceptors (Lipinski definition) is 14. The average molecular weight is 684 g/mol. The number of aromatic nitrogens is 1. The van der Waals surface area contributed by atoms with Crippen LogP contribution in [0.15, 0.2) is 57.6 Å². The van der Waals surface area contributed by atoms with Crippen molar-refractivity contribution >= 4 is 38.5 Å². The Morgan fingerprint density at radius 3 is 2.27 bits per heavy atom. The molecule has 0 aliphatic rings. The Hall–Kier alpha value is -4.33. The first-order chi connectivity index (χ1) is 22.6. The van der Waals surface area contributed by atoms with Gasteiger partial charge in [-0.05, 0) is 46.8 Å². The summed E-state index contributed by atoms with van der Waals surface area (Å²) in [5.74, 6) is 0.350. The first kappa shape index (κ1) is 38.1. The van der Waals surface area contributed by atoms with Crippen LogP contribution in [0.25, 0.3) is 0 Å². The summed E-state index contributed by atoms with van der Waals surface area (Å²) >= 11 is 0. The quantitative estimate of drug-likeness (QED) is 0.125. The number of nitrogens with one attached hydrogen (secondary N) is 2. The zero-order valence-corrected chi connectivity index (χ0v) is 29.2. The third-order valence-electron chi connectivity index (χ3n) is 7.00. The SMILES string of the molecule is COc1cc(S(=O)(=O)CCN(CC(C)O)CC(C)(C)O)c(OC)cc1N=Nc1c(Nc2ccccc2)nc(NCC(C)O)c(C#N)c1C. The van der Waals surface area contributed by atoms with Crippen LogP contribution in [0, 0.1) is 18.3 Å². The van der Waals surface area contributed by atoms with Crippen LogP contribution in [0.4, 0.5) is 28.7 Å². The van der Waals surface area contributed by atoms with E-state index in [-0.39, 0.29) is 76.9 Å². The van der Waals surface area contributed by atoms with Gasteiger partial charge in [0.1, 0.15) is 39.7 Å². The molecule has 0 fully saturated rings. The highest BCUT2D eigenvalue weighted by atomic mass is 32.2. The molecular formula is C33H45N7O7S. The van der Waals surface area contributed by atoms with Crippen molar-refractivity contribution in [3.8, 4) is 17.6 Å². The van der Waals surface area contributed by atoms with E-state index in [1.54, 1.807) is 39.5 Å². The molecule has 0 aliphatic heterocycles. The first-order valence-electron chi connectivity index (χ1n) is 15.3. The predicted molar refractivity (Wildman–Crippen MR) is 184 cm³/mol. The summed E-state index contributed by atoms with van der Waals surface area (Å²) in [6, 6.07) is 14.1. The van der Waals surface area contributed by atoms with E-state index in [0.717, 1.165) is 0 Å². The molecule has 1 heterocycles. The topological polar surface area (TPSA) is 202 Å². The minimum atomic E-state index is -3.94. The van der Waals surface area contributed by atoms with E-state index in [1.807, 2.05) is 30.3 Å². The van der Waals surface area contributed by atoms with Gasteiger partial charge in [0, 0.05) is 49.6 Å². The minimum Gasteiger partial charge on any atom is -0.495 e. The van der Waals surface area contributed by atoms with E-state index in [9.17, 15) is 29.0 Å². The van der Waals surface area contributed by atoms with Crippen LogP contribution in [-0.2, 0) is 9.84 Å². The fourth-order valence-corrected chi connectivity index (χ4v) is 6.32. The highest BCUT2D eigenvalue weighted by molar-refractivity contribution is 7.91. The second kappa shape index (κ2) is 16.7. The van der Waals surface area contributed by atoms with E-state index in [4.69, 9.17) is 9.47 Å². The lowest BCUT2D eigenvalue weighted by Gasteiger charge is -2.29. The number of aliphatic hydroxyl groups excluding tert-OH is 2. The Labute approximate surface area is 282 Å². The van der Waals surface area contributed by atoms with Gasteiger partial charge in [-0.1, -0.05) is 18.2 Å². The Morgan fingerprint density at radius 2 is 1.71 bits per heavy atom. The average Bonchev–Trinajstić information content (AvgIpc) is 3.01. The number of methoxy groups -OCH3 is 2. The van der Waals surface area contributed by atoms with Gasteiger partial charge >= 0.3 is 0 Å². The molecule has 15 heteroatoms. The van der Waals surface area contributed by atoms with Gasteiger partial charge in [-0.25, -0.2) is 13.4 Å². The Bertz CT molecular complexity index is 1720. The molecule has 260 valence electrons. The summed E-state index contributed by atoms with van der Waals surface area (Å²) in [5.41, 5.74) is 0.686. The zero-order chi connectivity index (χ0) is 35.6. The van der Waals surface area contributed by atoms with Crippen molar-refractivity contribution in [2.45, 2.75) is 57.3 Å². The number of hydrogen-bond donors (Lipinski definition) is 5. The molecule has 1 aromatic heterocycles. The number of sulfone groups is 1. The van der Waals surface area contributed by atoms with Gasteiger partial charge < -0.3 is 35.4 Å². The van der Waals surface area contributed by atoms with Crippen molar-refractivity contribution in [3.63, 3.8) is 0 Å². The molecule has 0 spiro atoms. The summed E-state index contributed by atoms with van der Waals surface area (Å²) in [4.78, 5) is 6.17. The zero-order valence-electron chi connectivity index (χ0n) is 28.4. The van der Waals surface area contributed by atoms with E-state index in [1.165, 1.54) is 26.4 Å². The molecule has 48 heavy (non-hydrogen) atoms. The van der Waals surface area contributed by atoms with Crippen LogP contribution in [0.5, 0.6) is 11.5 Å². The summed E-state index contributed by atoms with van der Waals surface area (Å²) in [6.07, 6.45) is -1.41. The summed E-state index contributed by atoms with van der Waals surface area (Å²) in [6.45, 7) is 8.68. The fraction of sp³-hybridized carbons (Fsp3) is 0.455. The van der Waals surface area contributed by atoms with Crippen LogP contribution < -0.4 is 20.1 Å². The number of azo groups is 1. The number of pyridine rings is 1. The lowest BCUT2D eigenvalue weighted by Crippen LogP contribution is -2.43. The molecule has 0 bridgehead atoms. The third-order valence-corrected chi connectivity index (χ3v) is 8.70. The van der Waals surface area contributed by atoms with Crippen LogP contribution in [-0.4, -0.2) is 97.6 Å². The van der Waals surface area contributed by atoms with Crippen molar-refractivity contribution in [2.24, 2.45) is 10.2 Å². The van der Waals surface area contributed by atoms with Gasteiger partial charge in [0.15, 0.2) is 15.7 Å². The van der Waals surface area contributed by atoms with Crippen LogP contribution in [0.1, 0.15) is 38.8 Å². The summed E-state index contributed by atoms with van der Waals surface area (Å²) < 4.78 is 38.1. The Kier molecular flexibility index (Phi) is 13.2. The number of benzene rings is 2. The number of aliphatic hydroxyl groups is 3. The molecule has 2 unspecified atom stereocenters. The summed E-state index contributed by atoms with van der Waals surface area (Å²) in [5, 5.41) is 55.0. The maximum atomic E-state index is 13.6. The maximum absolute atomic E-state index is 13.6. The number of nitriles is 1. The number of anilines is 3. The van der Waals surface area contributed by atoms with Gasteiger partial charge in [-0.15, -0.1) is 10.2 Å². The van der Waals surface area contributed by atoms with Gasteiger partial charge in [-0.3, -0.25) is 4.90 Å². The standard InChI is InChI=1S/C33H45N7O7S/c1-21(41)18-35-31-25(17-34)23(3)30(32(37-31)36-24-11-9-8-10-12-24)39-38-26-15-28(47-7)29(16-27(26)46-6)48(44,45)14-13-40(19-22(2)42)20-33(4,5)43/h8-12,15-16,21-22,41-43H,13-14,18-20H2,1-7H3,(H2,35,36,37). The van der Waals surface area contributed by atoms with Crippen molar-refractivity contribution in [1.82, 2.24) is 9.88 Å². The van der Waals surface area contributed by atoms with E-state index in [2.05, 4.69) is 31.9 Å². The molecule has 0 saturated heterocycles. The number of ether oxygens (including phenoxy) is 2. The van der Waals surface area contributed by atoms with Crippen molar-refractivity contribution < 1.29 is 33.2 Å². The highest BCUT2D eigenvalue weighted by Gasteiger charge is 2.26. The predicted octanol–water partition coefficient (Wildman–Crippen LogP) is 4.46. The fourth-order valence-electron chi connectivity index (χ4n) is 4.86. The Morgan fingerprint density at radius 1 is 1.04 bits per heavy atom. The van der Waals surface area contributed by atoms with Gasteiger partial charge in [0.2, 0.25) is 0 Å². The second-order valence-electron chi connectivity index (χ2n) is 12.1.